The van der Waals surface area contributed by atoms with Gasteiger partial charge < -0.3 is 16.0 Å². The summed E-state index contributed by atoms with van der Waals surface area (Å²) >= 11 is 0. The van der Waals surface area contributed by atoms with Crippen molar-refractivity contribution in [1.82, 2.24) is 10.6 Å². The quantitative estimate of drug-likeness (QED) is 0.746. The zero-order chi connectivity index (χ0) is 15.9. The molecule has 128 valence electrons. The zero-order valence-electron chi connectivity index (χ0n) is 13.7. The molecular weight excluding hydrogens is 314 g/mol. The summed E-state index contributed by atoms with van der Waals surface area (Å²) < 4.78 is 0. The summed E-state index contributed by atoms with van der Waals surface area (Å²) in [6.07, 6.45) is 4.54. The van der Waals surface area contributed by atoms with E-state index in [1.165, 1.54) is 12.8 Å². The van der Waals surface area contributed by atoms with Crippen LogP contribution in [0.5, 0.6) is 0 Å². The van der Waals surface area contributed by atoms with Gasteiger partial charge >= 0.3 is 0 Å². The second-order valence-electron chi connectivity index (χ2n) is 5.98. The normalized spacial score (nSPS) is 15.6. The summed E-state index contributed by atoms with van der Waals surface area (Å²) in [5.41, 5.74) is 1.35. The third-order valence-electron chi connectivity index (χ3n) is 4.06. The summed E-state index contributed by atoms with van der Waals surface area (Å²) in [6.45, 7) is 2.50. The number of rotatable bonds is 6. The molecule has 2 amide bonds. The molecule has 0 radical (unpaired) electrons. The van der Waals surface area contributed by atoms with Gasteiger partial charge in [-0.2, -0.15) is 0 Å². The van der Waals surface area contributed by atoms with Crippen LogP contribution < -0.4 is 16.0 Å². The van der Waals surface area contributed by atoms with Crippen molar-refractivity contribution in [2.75, 3.05) is 18.9 Å². The lowest BCUT2D eigenvalue weighted by atomic mass is 10.1. The number of carbonyl (C=O) groups excluding carboxylic acids is 2. The molecule has 1 atom stereocenters. The molecule has 0 saturated heterocycles. The van der Waals surface area contributed by atoms with Crippen molar-refractivity contribution >= 4 is 29.9 Å². The van der Waals surface area contributed by atoms with Crippen LogP contribution in [0.15, 0.2) is 24.3 Å². The molecule has 1 fully saturated rings. The third-order valence-corrected chi connectivity index (χ3v) is 4.06. The van der Waals surface area contributed by atoms with Crippen LogP contribution in [0.3, 0.4) is 0 Å². The number of hydrogen-bond acceptors (Lipinski definition) is 3. The minimum Gasteiger partial charge on any atom is -0.349 e. The van der Waals surface area contributed by atoms with Gasteiger partial charge in [0.05, 0.1) is 0 Å². The Morgan fingerprint density at radius 3 is 2.35 bits per heavy atom. The Labute approximate surface area is 144 Å². The number of anilines is 1. The topological polar surface area (TPSA) is 70.2 Å². The van der Waals surface area contributed by atoms with Gasteiger partial charge in [-0.1, -0.05) is 19.8 Å². The smallest absolute Gasteiger partial charge is 0.251 e. The standard InChI is InChI=1S/C17H25N3O2.ClH/c1-12(11-18-2)16(21)19-15-9-7-13(8-10-15)17(22)20-14-5-3-4-6-14;/h7-10,12,14,18H,3-6,11H2,1-2H3,(H,19,21)(H,20,22);1H. The van der Waals surface area contributed by atoms with E-state index in [0.717, 1.165) is 12.8 Å². The number of hydrogen-bond donors (Lipinski definition) is 3. The molecule has 5 nitrogen and oxygen atoms in total. The molecule has 3 N–H and O–H groups in total. The Morgan fingerprint density at radius 2 is 1.78 bits per heavy atom. The SMILES string of the molecule is CNCC(C)C(=O)Nc1ccc(C(=O)NC2CCCC2)cc1.Cl. The number of halogens is 1. The molecule has 0 bridgehead atoms. The van der Waals surface area contributed by atoms with Gasteiger partial charge in [-0.25, -0.2) is 0 Å². The lowest BCUT2D eigenvalue weighted by molar-refractivity contribution is -0.119. The Bertz CT molecular complexity index is 513. The maximum atomic E-state index is 12.1. The largest absolute Gasteiger partial charge is 0.349 e. The molecule has 1 aliphatic rings. The first kappa shape index (κ1) is 19.5. The molecular formula is C17H26ClN3O2. The molecule has 23 heavy (non-hydrogen) atoms. The summed E-state index contributed by atoms with van der Waals surface area (Å²) in [6, 6.07) is 7.36. The van der Waals surface area contributed by atoms with E-state index in [0.29, 0.717) is 23.8 Å². The van der Waals surface area contributed by atoms with Crippen LogP contribution in [0.4, 0.5) is 5.69 Å². The van der Waals surface area contributed by atoms with Gasteiger partial charge in [-0.15, -0.1) is 12.4 Å². The molecule has 1 aliphatic carbocycles. The molecule has 6 heteroatoms. The second-order valence-corrected chi connectivity index (χ2v) is 5.98. The first-order valence-corrected chi connectivity index (χ1v) is 7.96. The Morgan fingerprint density at radius 1 is 1.17 bits per heavy atom. The Hall–Kier alpha value is -1.59. The maximum absolute atomic E-state index is 12.1. The average Bonchev–Trinajstić information content (AvgIpc) is 3.01. The van der Waals surface area contributed by atoms with Crippen molar-refractivity contribution in [3.63, 3.8) is 0 Å². The van der Waals surface area contributed by atoms with Gasteiger partial charge in [0.15, 0.2) is 0 Å². The number of carbonyl (C=O) groups is 2. The van der Waals surface area contributed by atoms with Crippen molar-refractivity contribution in [3.05, 3.63) is 29.8 Å². The summed E-state index contributed by atoms with van der Waals surface area (Å²) in [5, 5.41) is 8.89. The predicted molar refractivity (Wildman–Crippen MR) is 95.1 cm³/mol. The van der Waals surface area contributed by atoms with Gasteiger partial charge in [0, 0.05) is 29.8 Å². The molecule has 1 aromatic carbocycles. The van der Waals surface area contributed by atoms with Gasteiger partial charge in [-0.3, -0.25) is 9.59 Å². The lowest BCUT2D eigenvalue weighted by Gasteiger charge is -2.13. The van der Waals surface area contributed by atoms with Crippen LogP contribution >= 0.6 is 12.4 Å². The van der Waals surface area contributed by atoms with E-state index in [4.69, 9.17) is 0 Å². The number of amides is 2. The molecule has 1 aromatic rings. The molecule has 0 aromatic heterocycles. The lowest BCUT2D eigenvalue weighted by Crippen LogP contribution is -2.32. The predicted octanol–water partition coefficient (Wildman–Crippen LogP) is 2.57. The van der Waals surface area contributed by atoms with Crippen molar-refractivity contribution in [3.8, 4) is 0 Å². The second kappa shape index (κ2) is 9.53. The summed E-state index contributed by atoms with van der Waals surface area (Å²) in [5.74, 6) is -0.166. The number of nitrogens with one attached hydrogen (secondary N) is 3. The Balaban J connectivity index is 0.00000264. The van der Waals surface area contributed by atoms with E-state index >= 15 is 0 Å². The molecule has 1 unspecified atom stereocenters. The van der Waals surface area contributed by atoms with Gasteiger partial charge in [0.25, 0.3) is 5.91 Å². The van der Waals surface area contributed by atoms with Crippen molar-refractivity contribution < 1.29 is 9.59 Å². The van der Waals surface area contributed by atoms with Crippen molar-refractivity contribution in [2.45, 2.75) is 38.6 Å². The summed E-state index contributed by atoms with van der Waals surface area (Å²) in [4.78, 5) is 24.0. The van der Waals surface area contributed by atoms with Gasteiger partial charge in [0.2, 0.25) is 5.91 Å². The zero-order valence-corrected chi connectivity index (χ0v) is 14.5. The van der Waals surface area contributed by atoms with Crippen molar-refractivity contribution in [1.29, 1.82) is 0 Å². The minimum atomic E-state index is -0.102. The molecule has 0 spiro atoms. The van der Waals surface area contributed by atoms with E-state index in [1.54, 1.807) is 24.3 Å². The Kier molecular flexibility index (Phi) is 8.06. The van der Waals surface area contributed by atoms with Crippen molar-refractivity contribution in [2.24, 2.45) is 5.92 Å². The maximum Gasteiger partial charge on any atom is 0.251 e. The third kappa shape index (κ3) is 5.84. The van der Waals surface area contributed by atoms with E-state index < -0.39 is 0 Å². The summed E-state index contributed by atoms with van der Waals surface area (Å²) in [7, 11) is 1.82. The van der Waals surface area contributed by atoms with Crippen LogP contribution in [0.1, 0.15) is 43.0 Å². The fraction of sp³-hybridized carbons (Fsp3) is 0.529. The highest BCUT2D eigenvalue weighted by Gasteiger charge is 2.18. The van der Waals surface area contributed by atoms with Crippen LogP contribution in [0.2, 0.25) is 0 Å². The van der Waals surface area contributed by atoms with E-state index in [9.17, 15) is 9.59 Å². The highest BCUT2D eigenvalue weighted by Crippen LogP contribution is 2.18. The van der Waals surface area contributed by atoms with Crippen LogP contribution in [0.25, 0.3) is 0 Å². The monoisotopic (exact) mass is 339 g/mol. The molecule has 0 aliphatic heterocycles. The van der Waals surface area contributed by atoms with Gasteiger partial charge in [0.1, 0.15) is 0 Å². The van der Waals surface area contributed by atoms with E-state index in [1.807, 2.05) is 14.0 Å². The average molecular weight is 340 g/mol. The molecule has 0 heterocycles. The van der Waals surface area contributed by atoms with Crippen LogP contribution in [0, 0.1) is 5.92 Å². The van der Waals surface area contributed by atoms with E-state index in [-0.39, 0.29) is 30.1 Å². The van der Waals surface area contributed by atoms with Crippen LogP contribution in [-0.2, 0) is 4.79 Å². The minimum absolute atomic E-state index is 0. The first-order valence-electron chi connectivity index (χ1n) is 7.96. The highest BCUT2D eigenvalue weighted by atomic mass is 35.5. The highest BCUT2D eigenvalue weighted by molar-refractivity contribution is 5.96. The van der Waals surface area contributed by atoms with E-state index in [2.05, 4.69) is 16.0 Å². The van der Waals surface area contributed by atoms with Crippen LogP contribution in [-0.4, -0.2) is 31.4 Å². The fourth-order valence-electron chi connectivity index (χ4n) is 2.71. The first-order chi connectivity index (χ1) is 10.6. The van der Waals surface area contributed by atoms with Gasteiger partial charge in [-0.05, 0) is 44.2 Å². The number of benzene rings is 1. The molecule has 2 rings (SSSR count). The molecule has 1 saturated carbocycles. The fourth-order valence-corrected chi connectivity index (χ4v) is 2.71.